The number of carbonyl (C=O) groups excluding carboxylic acids is 2. The highest BCUT2D eigenvalue weighted by molar-refractivity contribution is 6.24. The van der Waals surface area contributed by atoms with Crippen LogP contribution in [0.15, 0.2) is 48.1 Å². The molecular weight excluding hydrogens is 382 g/mol. The summed E-state index contributed by atoms with van der Waals surface area (Å²) in [5.41, 5.74) is 4.00. The second-order valence-corrected chi connectivity index (χ2v) is 7.50. The van der Waals surface area contributed by atoms with Crippen LogP contribution >= 0.6 is 0 Å². The summed E-state index contributed by atoms with van der Waals surface area (Å²) in [5, 5.41) is 6.29. The third kappa shape index (κ3) is 4.63. The number of Topliss-reactive ketones (excluding diaryl/α,β-unsaturated/α-hetero) is 1. The Balaban J connectivity index is 1.67. The van der Waals surface area contributed by atoms with Gasteiger partial charge in [0.1, 0.15) is 0 Å². The number of fused-ring (bicyclic) bond motifs is 2. The van der Waals surface area contributed by atoms with E-state index in [2.05, 4.69) is 21.6 Å². The molecule has 2 heterocycles. The van der Waals surface area contributed by atoms with Crippen molar-refractivity contribution >= 4 is 28.8 Å². The van der Waals surface area contributed by atoms with Crippen molar-refractivity contribution in [2.45, 2.75) is 19.4 Å². The topological polar surface area (TPSA) is 79.9 Å². The van der Waals surface area contributed by atoms with Gasteiger partial charge in [-0.3, -0.25) is 15.0 Å². The molecule has 1 saturated heterocycles. The van der Waals surface area contributed by atoms with Crippen molar-refractivity contribution < 1.29 is 19.1 Å². The average molecular weight is 409 g/mol. The van der Waals surface area contributed by atoms with Crippen LogP contribution in [0.1, 0.15) is 18.9 Å². The quantitative estimate of drug-likeness (QED) is 0.777. The first kappa shape index (κ1) is 20.4. The summed E-state index contributed by atoms with van der Waals surface area (Å²) in [4.78, 5) is 27.3. The zero-order chi connectivity index (χ0) is 20.9. The minimum atomic E-state index is -0.509. The van der Waals surface area contributed by atoms with E-state index in [0.29, 0.717) is 37.6 Å². The van der Waals surface area contributed by atoms with Gasteiger partial charge in [-0.15, -0.1) is 0 Å². The Labute approximate surface area is 176 Å². The van der Waals surface area contributed by atoms with Gasteiger partial charge in [0, 0.05) is 35.6 Å². The number of hydrogen-bond acceptors (Lipinski definition) is 6. The number of ketones is 1. The fourth-order valence-corrected chi connectivity index (χ4v) is 3.90. The van der Waals surface area contributed by atoms with Gasteiger partial charge >= 0.3 is 6.09 Å². The van der Waals surface area contributed by atoms with Gasteiger partial charge in [0.15, 0.2) is 5.78 Å². The van der Waals surface area contributed by atoms with Crippen molar-refractivity contribution in [3.8, 4) is 0 Å². The van der Waals surface area contributed by atoms with Crippen LogP contribution in [-0.2, 0) is 14.3 Å². The number of anilines is 2. The highest BCUT2D eigenvalue weighted by Crippen LogP contribution is 2.35. The number of ether oxygens (including phenoxy) is 2. The largest absolute Gasteiger partial charge is 0.450 e. The number of rotatable bonds is 5. The third-order valence-corrected chi connectivity index (χ3v) is 5.44. The Morgan fingerprint density at radius 3 is 2.93 bits per heavy atom. The fourth-order valence-electron chi connectivity index (χ4n) is 3.90. The van der Waals surface area contributed by atoms with E-state index in [9.17, 15) is 9.59 Å². The molecule has 4 rings (SSSR count). The molecule has 3 aliphatic rings. The van der Waals surface area contributed by atoms with Gasteiger partial charge in [0.05, 0.1) is 32.4 Å². The van der Waals surface area contributed by atoms with E-state index in [1.165, 1.54) is 0 Å². The molecule has 1 unspecified atom stereocenters. The molecule has 1 aromatic rings. The molecule has 1 amide bonds. The van der Waals surface area contributed by atoms with Crippen molar-refractivity contribution in [1.29, 1.82) is 0 Å². The zero-order valence-electron chi connectivity index (χ0n) is 17.1. The molecule has 7 heteroatoms. The number of benzene rings is 1. The first-order valence-electron chi connectivity index (χ1n) is 10.4. The molecular formula is C23H27N3O4. The number of allylic oxidation sites excluding steroid dienone is 2. The maximum Gasteiger partial charge on any atom is 0.411 e. The minimum Gasteiger partial charge on any atom is -0.450 e. The van der Waals surface area contributed by atoms with Crippen LogP contribution in [0, 0.1) is 0 Å². The Bertz CT molecular complexity index is 913. The first-order chi connectivity index (χ1) is 14.6. The lowest BCUT2D eigenvalue weighted by atomic mass is 9.94. The standard InChI is InChI=1S/C23H27N3O4/c1-2-30-23(28)24-17-7-8-21-18(14-17)19(13-16-5-3-4-6-20(16)25-21)22(27)15-26-9-11-29-12-10-26/h3-5,7-8,13-14,20,25H,2,6,9-12,15H2,1H3,(H,24,28). The molecule has 7 nitrogen and oxygen atoms in total. The SMILES string of the molecule is CCOC(=O)Nc1ccc2c(c1)C(C(=O)CN1CCOCC1)=CC1=CC=CCC1N2. The Morgan fingerprint density at radius 2 is 2.13 bits per heavy atom. The molecule has 0 saturated carbocycles. The van der Waals surface area contributed by atoms with Crippen LogP contribution in [0.4, 0.5) is 16.2 Å². The van der Waals surface area contributed by atoms with Gasteiger partial charge in [-0.2, -0.15) is 0 Å². The summed E-state index contributed by atoms with van der Waals surface area (Å²) in [6.07, 6.45) is 8.53. The van der Waals surface area contributed by atoms with Gasteiger partial charge in [-0.1, -0.05) is 18.2 Å². The highest BCUT2D eigenvalue weighted by Gasteiger charge is 2.26. The molecule has 1 atom stereocenters. The predicted octanol–water partition coefficient (Wildman–Crippen LogP) is 3.22. The second kappa shape index (κ2) is 9.28. The number of nitrogens with zero attached hydrogens (tertiary/aromatic N) is 1. The number of hydrogen-bond donors (Lipinski definition) is 2. The lowest BCUT2D eigenvalue weighted by Gasteiger charge is -2.26. The molecule has 2 aliphatic heterocycles. The van der Waals surface area contributed by atoms with Gasteiger partial charge in [0.25, 0.3) is 0 Å². The van der Waals surface area contributed by atoms with Gasteiger partial charge in [-0.25, -0.2) is 4.79 Å². The fraction of sp³-hybridized carbons (Fsp3) is 0.391. The average Bonchev–Trinajstić information content (AvgIpc) is 2.91. The summed E-state index contributed by atoms with van der Waals surface area (Å²) >= 11 is 0. The number of nitrogens with one attached hydrogen (secondary N) is 2. The van der Waals surface area contributed by atoms with Crippen LogP contribution in [0.5, 0.6) is 0 Å². The molecule has 0 spiro atoms. The van der Waals surface area contributed by atoms with E-state index < -0.39 is 6.09 Å². The summed E-state index contributed by atoms with van der Waals surface area (Å²) in [6.45, 7) is 5.20. The summed E-state index contributed by atoms with van der Waals surface area (Å²) in [6, 6.07) is 5.69. The first-order valence-corrected chi connectivity index (χ1v) is 10.4. The molecule has 158 valence electrons. The lowest BCUT2D eigenvalue weighted by Crippen LogP contribution is -2.39. The third-order valence-electron chi connectivity index (χ3n) is 5.44. The van der Waals surface area contributed by atoms with Crippen molar-refractivity contribution in [3.05, 3.63) is 53.6 Å². The summed E-state index contributed by atoms with van der Waals surface area (Å²) < 4.78 is 10.4. The number of morpholine rings is 1. The Kier molecular flexibility index (Phi) is 6.30. The monoisotopic (exact) mass is 409 g/mol. The highest BCUT2D eigenvalue weighted by atomic mass is 16.5. The van der Waals surface area contributed by atoms with E-state index in [1.807, 2.05) is 36.4 Å². The number of carbonyl (C=O) groups is 2. The Hall–Kier alpha value is -2.90. The van der Waals surface area contributed by atoms with Crippen molar-refractivity contribution in [3.63, 3.8) is 0 Å². The second-order valence-electron chi connectivity index (χ2n) is 7.50. The van der Waals surface area contributed by atoms with E-state index in [0.717, 1.165) is 36.3 Å². The molecule has 30 heavy (non-hydrogen) atoms. The predicted molar refractivity (Wildman–Crippen MR) is 117 cm³/mol. The van der Waals surface area contributed by atoms with Crippen molar-refractivity contribution in [2.24, 2.45) is 0 Å². The molecule has 2 N–H and O–H groups in total. The van der Waals surface area contributed by atoms with Gasteiger partial charge in [-0.05, 0) is 43.2 Å². The van der Waals surface area contributed by atoms with E-state index in [-0.39, 0.29) is 11.8 Å². The summed E-state index contributed by atoms with van der Waals surface area (Å²) in [5.74, 6) is 0.0596. The lowest BCUT2D eigenvalue weighted by molar-refractivity contribution is -0.115. The molecule has 0 radical (unpaired) electrons. The molecule has 1 fully saturated rings. The van der Waals surface area contributed by atoms with Crippen molar-refractivity contribution in [1.82, 2.24) is 4.90 Å². The van der Waals surface area contributed by atoms with Gasteiger partial charge in [0.2, 0.25) is 0 Å². The molecule has 1 aromatic carbocycles. The van der Waals surface area contributed by atoms with Crippen LogP contribution in [0.2, 0.25) is 0 Å². The van der Waals surface area contributed by atoms with E-state index in [4.69, 9.17) is 9.47 Å². The maximum atomic E-state index is 13.4. The molecule has 1 aliphatic carbocycles. The molecule has 0 bridgehead atoms. The minimum absolute atomic E-state index is 0.0596. The summed E-state index contributed by atoms with van der Waals surface area (Å²) in [7, 11) is 0. The van der Waals surface area contributed by atoms with Crippen LogP contribution in [0.25, 0.3) is 5.57 Å². The maximum absolute atomic E-state index is 13.4. The normalized spacial score (nSPS) is 20.6. The number of amides is 1. The Morgan fingerprint density at radius 1 is 1.30 bits per heavy atom. The smallest absolute Gasteiger partial charge is 0.411 e. The zero-order valence-corrected chi connectivity index (χ0v) is 17.1. The van der Waals surface area contributed by atoms with Crippen molar-refractivity contribution in [2.75, 3.05) is 50.1 Å². The van der Waals surface area contributed by atoms with Crippen LogP contribution < -0.4 is 10.6 Å². The molecule has 0 aromatic heterocycles. The van der Waals surface area contributed by atoms with Crippen LogP contribution in [-0.4, -0.2) is 62.3 Å². The van der Waals surface area contributed by atoms with E-state index in [1.54, 1.807) is 6.92 Å². The van der Waals surface area contributed by atoms with Crippen LogP contribution in [0.3, 0.4) is 0 Å². The van der Waals surface area contributed by atoms with Gasteiger partial charge < -0.3 is 14.8 Å². The van der Waals surface area contributed by atoms with E-state index >= 15 is 0 Å².